The number of benzene rings is 1. The van der Waals surface area contributed by atoms with Crippen LogP contribution < -0.4 is 10.3 Å². The summed E-state index contributed by atoms with van der Waals surface area (Å²) in [4.78, 5) is 14.4. The Morgan fingerprint density at radius 1 is 1.03 bits per heavy atom. The van der Waals surface area contributed by atoms with E-state index in [2.05, 4.69) is 0 Å². The second kappa shape index (κ2) is 7.37. The van der Waals surface area contributed by atoms with E-state index in [9.17, 15) is 13.2 Å². The molecule has 8 heteroatoms. The molecule has 0 aliphatic carbocycles. The van der Waals surface area contributed by atoms with E-state index < -0.39 is 10.0 Å². The highest BCUT2D eigenvalue weighted by Crippen LogP contribution is 2.38. The first-order valence-electron chi connectivity index (χ1n) is 9.89. The number of ether oxygens (including phenoxy) is 1. The molecule has 0 spiro atoms. The summed E-state index contributed by atoms with van der Waals surface area (Å²) in [5, 5.41) is 1.97. The predicted octanol–water partition coefficient (Wildman–Crippen LogP) is 3.39. The van der Waals surface area contributed by atoms with Crippen molar-refractivity contribution in [3.63, 3.8) is 0 Å². The van der Waals surface area contributed by atoms with Crippen LogP contribution in [0.1, 0.15) is 18.0 Å². The fourth-order valence-corrected chi connectivity index (χ4v) is 6.92. The van der Waals surface area contributed by atoms with Crippen LogP contribution in [-0.4, -0.2) is 37.5 Å². The molecular formula is C22H22N2O4S2. The Hall–Kier alpha value is -2.42. The molecule has 2 aliphatic rings. The van der Waals surface area contributed by atoms with Gasteiger partial charge >= 0.3 is 0 Å². The van der Waals surface area contributed by atoms with Crippen LogP contribution in [0.5, 0.6) is 5.75 Å². The number of sulfonamides is 1. The van der Waals surface area contributed by atoms with Crippen molar-refractivity contribution in [2.24, 2.45) is 5.92 Å². The summed E-state index contributed by atoms with van der Waals surface area (Å²) in [6, 6.07) is 14.3. The number of rotatable bonds is 4. The lowest BCUT2D eigenvalue weighted by molar-refractivity contribution is 0.186. The smallest absolute Gasteiger partial charge is 0.259 e. The van der Waals surface area contributed by atoms with E-state index in [4.69, 9.17) is 4.74 Å². The van der Waals surface area contributed by atoms with Crippen LogP contribution in [0.2, 0.25) is 0 Å². The SMILES string of the molecule is COc1ccc(S(=O)(=O)N2CC3CC(C2)c2ccc(-c4cccs4)c(=O)n2C3)cc1. The fraction of sp³-hybridized carbons (Fsp3) is 0.318. The number of nitrogens with zero attached hydrogens (tertiary/aromatic N) is 2. The van der Waals surface area contributed by atoms with Gasteiger partial charge in [-0.25, -0.2) is 8.42 Å². The van der Waals surface area contributed by atoms with E-state index in [-0.39, 0.29) is 22.3 Å². The summed E-state index contributed by atoms with van der Waals surface area (Å²) in [5.74, 6) is 0.774. The number of aromatic nitrogens is 1. The van der Waals surface area contributed by atoms with Gasteiger partial charge in [0.1, 0.15) is 5.75 Å². The van der Waals surface area contributed by atoms with Crippen molar-refractivity contribution < 1.29 is 13.2 Å². The molecule has 2 aliphatic heterocycles. The van der Waals surface area contributed by atoms with Crippen molar-refractivity contribution >= 4 is 21.4 Å². The summed E-state index contributed by atoms with van der Waals surface area (Å²) in [6.45, 7) is 1.38. The third kappa shape index (κ3) is 3.19. The molecule has 1 fully saturated rings. The lowest BCUT2D eigenvalue weighted by Crippen LogP contribution is -2.49. The van der Waals surface area contributed by atoms with Crippen molar-refractivity contribution in [1.29, 1.82) is 0 Å². The van der Waals surface area contributed by atoms with Crippen molar-refractivity contribution in [3.05, 3.63) is 70.0 Å². The Kier molecular flexibility index (Phi) is 4.80. The third-order valence-corrected chi connectivity index (χ3v) is 8.80. The van der Waals surface area contributed by atoms with Gasteiger partial charge in [0.2, 0.25) is 10.0 Å². The van der Waals surface area contributed by atoms with E-state index >= 15 is 0 Å². The van der Waals surface area contributed by atoms with Gasteiger partial charge in [0, 0.05) is 36.1 Å². The molecule has 0 N–H and O–H groups in total. The van der Waals surface area contributed by atoms with E-state index in [1.165, 1.54) is 0 Å². The van der Waals surface area contributed by atoms with Gasteiger partial charge in [0.25, 0.3) is 5.56 Å². The molecule has 2 bridgehead atoms. The lowest BCUT2D eigenvalue weighted by atomic mass is 9.84. The number of pyridine rings is 1. The average Bonchev–Trinajstić information content (AvgIpc) is 3.29. The molecule has 3 aromatic rings. The number of hydrogen-bond donors (Lipinski definition) is 0. The lowest BCUT2D eigenvalue weighted by Gasteiger charge is -2.42. The number of fused-ring (bicyclic) bond motifs is 4. The summed E-state index contributed by atoms with van der Waals surface area (Å²) < 4.78 is 35.0. The van der Waals surface area contributed by atoms with Gasteiger partial charge in [-0.3, -0.25) is 4.79 Å². The monoisotopic (exact) mass is 442 g/mol. The Balaban J connectivity index is 1.47. The number of hydrogen-bond acceptors (Lipinski definition) is 5. The maximum atomic E-state index is 13.2. The number of methoxy groups -OCH3 is 1. The van der Waals surface area contributed by atoms with Gasteiger partial charge in [-0.2, -0.15) is 4.31 Å². The quantitative estimate of drug-likeness (QED) is 0.621. The van der Waals surface area contributed by atoms with Crippen LogP contribution in [0.25, 0.3) is 10.4 Å². The van der Waals surface area contributed by atoms with Crippen molar-refractivity contribution in [2.75, 3.05) is 20.2 Å². The van der Waals surface area contributed by atoms with E-state index in [0.717, 1.165) is 22.6 Å². The molecule has 6 nitrogen and oxygen atoms in total. The molecule has 2 atom stereocenters. The van der Waals surface area contributed by atoms with Gasteiger partial charge in [0.15, 0.2) is 0 Å². The zero-order valence-corrected chi connectivity index (χ0v) is 18.2. The first kappa shape index (κ1) is 19.5. The van der Waals surface area contributed by atoms with Gasteiger partial charge in [0.05, 0.1) is 17.6 Å². The zero-order chi connectivity index (χ0) is 20.9. The van der Waals surface area contributed by atoms with Crippen LogP contribution in [0.4, 0.5) is 0 Å². The first-order valence-corrected chi connectivity index (χ1v) is 12.2. The molecule has 1 saturated heterocycles. The summed E-state index contributed by atoms with van der Waals surface area (Å²) in [7, 11) is -2.04. The Bertz CT molecular complexity index is 1230. The molecule has 2 unspecified atom stereocenters. The highest BCUT2D eigenvalue weighted by molar-refractivity contribution is 7.89. The van der Waals surface area contributed by atoms with Crippen molar-refractivity contribution in [2.45, 2.75) is 23.8 Å². The van der Waals surface area contributed by atoms with Crippen LogP contribution in [-0.2, 0) is 16.6 Å². The molecule has 0 saturated carbocycles. The van der Waals surface area contributed by atoms with Gasteiger partial charge in [-0.15, -0.1) is 11.3 Å². The molecule has 0 radical (unpaired) electrons. The number of piperidine rings is 1. The number of thiophene rings is 1. The molecule has 2 aromatic heterocycles. The van der Waals surface area contributed by atoms with Crippen LogP contribution in [0.15, 0.2) is 63.6 Å². The highest BCUT2D eigenvalue weighted by atomic mass is 32.2. The summed E-state index contributed by atoms with van der Waals surface area (Å²) >= 11 is 1.56. The van der Waals surface area contributed by atoms with E-state index in [1.54, 1.807) is 47.0 Å². The summed E-state index contributed by atoms with van der Waals surface area (Å²) in [6.07, 6.45) is 0.909. The van der Waals surface area contributed by atoms with E-state index in [1.807, 2.05) is 34.2 Å². The summed E-state index contributed by atoms with van der Waals surface area (Å²) in [5.41, 5.74) is 1.68. The highest BCUT2D eigenvalue weighted by Gasteiger charge is 2.39. The van der Waals surface area contributed by atoms with Crippen molar-refractivity contribution in [1.82, 2.24) is 8.87 Å². The zero-order valence-electron chi connectivity index (χ0n) is 16.5. The molecule has 156 valence electrons. The predicted molar refractivity (Wildman–Crippen MR) is 117 cm³/mol. The second-order valence-electron chi connectivity index (χ2n) is 7.86. The molecule has 1 aromatic carbocycles. The minimum absolute atomic E-state index is 0.0237. The van der Waals surface area contributed by atoms with Crippen LogP contribution in [0, 0.1) is 5.92 Å². The maximum Gasteiger partial charge on any atom is 0.259 e. The minimum atomic E-state index is -3.59. The van der Waals surface area contributed by atoms with Crippen molar-refractivity contribution in [3.8, 4) is 16.2 Å². The molecule has 4 heterocycles. The largest absolute Gasteiger partial charge is 0.497 e. The van der Waals surface area contributed by atoms with Gasteiger partial charge < -0.3 is 9.30 Å². The Labute approximate surface area is 179 Å². The first-order chi connectivity index (χ1) is 14.5. The molecule has 0 amide bonds. The maximum absolute atomic E-state index is 13.2. The molecule has 5 rings (SSSR count). The average molecular weight is 443 g/mol. The standard InChI is InChI=1S/C22H22N2O4S2/c1-28-17-4-6-18(7-5-17)30(26,27)23-12-15-11-16(14-23)20-9-8-19(21-3-2-10-29-21)22(25)24(20)13-15/h2-10,15-16H,11-14H2,1H3. The van der Waals surface area contributed by atoms with E-state index in [0.29, 0.717) is 25.4 Å². The van der Waals surface area contributed by atoms with Crippen LogP contribution >= 0.6 is 11.3 Å². The Morgan fingerprint density at radius 3 is 2.53 bits per heavy atom. The minimum Gasteiger partial charge on any atom is -0.497 e. The molecule has 30 heavy (non-hydrogen) atoms. The fourth-order valence-electron chi connectivity index (χ4n) is 4.61. The third-order valence-electron chi connectivity index (χ3n) is 6.05. The second-order valence-corrected chi connectivity index (χ2v) is 10.7. The van der Waals surface area contributed by atoms with Crippen LogP contribution in [0.3, 0.4) is 0 Å². The Morgan fingerprint density at radius 2 is 1.83 bits per heavy atom. The van der Waals surface area contributed by atoms with Gasteiger partial charge in [-0.1, -0.05) is 6.07 Å². The van der Waals surface area contributed by atoms with Gasteiger partial charge in [-0.05, 0) is 60.2 Å². The molecular weight excluding hydrogens is 420 g/mol. The topological polar surface area (TPSA) is 68.6 Å². The normalized spacial score (nSPS) is 21.2.